The normalized spacial score (nSPS) is 10.4. The zero-order valence-corrected chi connectivity index (χ0v) is 12.9. The molecule has 2 aromatic carbocycles. The van der Waals surface area contributed by atoms with Gasteiger partial charge in [0, 0.05) is 21.7 Å². The molecule has 4 heteroatoms. The van der Waals surface area contributed by atoms with Crippen molar-refractivity contribution < 1.29 is 0 Å². The number of nitrogens with one attached hydrogen (secondary N) is 1. The van der Waals surface area contributed by atoms with E-state index in [0.717, 1.165) is 21.7 Å². The molecular formula is C14H12BrCl2N. The van der Waals surface area contributed by atoms with Crippen LogP contribution in [-0.4, -0.2) is 0 Å². The van der Waals surface area contributed by atoms with Crippen LogP contribution in [-0.2, 0) is 6.54 Å². The molecule has 2 aromatic rings. The molecule has 2 rings (SSSR count). The summed E-state index contributed by atoms with van der Waals surface area (Å²) < 4.78 is 0.900. The fourth-order valence-corrected chi connectivity index (χ4v) is 2.31. The van der Waals surface area contributed by atoms with Crippen LogP contribution < -0.4 is 5.32 Å². The molecule has 0 aliphatic heterocycles. The maximum absolute atomic E-state index is 6.04. The molecule has 0 fully saturated rings. The van der Waals surface area contributed by atoms with Crippen LogP contribution in [0.15, 0.2) is 40.9 Å². The molecule has 0 saturated heterocycles. The van der Waals surface area contributed by atoms with E-state index in [1.165, 1.54) is 11.1 Å². The molecule has 0 unspecified atom stereocenters. The van der Waals surface area contributed by atoms with Crippen molar-refractivity contribution in [2.45, 2.75) is 13.5 Å². The van der Waals surface area contributed by atoms with Crippen molar-refractivity contribution in [2.75, 3.05) is 5.32 Å². The zero-order valence-electron chi connectivity index (χ0n) is 9.81. The monoisotopic (exact) mass is 343 g/mol. The Morgan fingerprint density at radius 3 is 2.56 bits per heavy atom. The zero-order chi connectivity index (χ0) is 13.1. The molecule has 0 radical (unpaired) electrons. The summed E-state index contributed by atoms with van der Waals surface area (Å²) >= 11 is 15.3. The molecule has 0 aliphatic carbocycles. The number of hydrogen-bond acceptors (Lipinski definition) is 1. The second-order valence-corrected chi connectivity index (χ2v) is 5.75. The summed E-state index contributed by atoms with van der Waals surface area (Å²) in [6.45, 7) is 2.80. The topological polar surface area (TPSA) is 12.0 Å². The number of aryl methyl sites for hydroxylation is 1. The lowest BCUT2D eigenvalue weighted by molar-refractivity contribution is 1.12. The van der Waals surface area contributed by atoms with Crippen molar-refractivity contribution in [3.05, 3.63) is 62.0 Å². The first-order valence-corrected chi connectivity index (χ1v) is 7.05. The Morgan fingerprint density at radius 1 is 1.11 bits per heavy atom. The number of benzene rings is 2. The van der Waals surface area contributed by atoms with E-state index >= 15 is 0 Å². The van der Waals surface area contributed by atoms with Crippen molar-refractivity contribution in [1.82, 2.24) is 0 Å². The first kappa shape index (κ1) is 13.7. The molecule has 0 spiro atoms. The van der Waals surface area contributed by atoms with Crippen LogP contribution in [0.5, 0.6) is 0 Å². The SMILES string of the molecule is Cc1cc(Cl)ccc1CNc1ccc(Br)c(Cl)c1. The number of anilines is 1. The van der Waals surface area contributed by atoms with Gasteiger partial charge in [-0.1, -0.05) is 29.3 Å². The van der Waals surface area contributed by atoms with Crippen molar-refractivity contribution in [1.29, 1.82) is 0 Å². The van der Waals surface area contributed by atoms with E-state index in [0.29, 0.717) is 5.02 Å². The van der Waals surface area contributed by atoms with Gasteiger partial charge in [-0.2, -0.15) is 0 Å². The van der Waals surface area contributed by atoms with E-state index < -0.39 is 0 Å². The van der Waals surface area contributed by atoms with E-state index in [2.05, 4.69) is 28.2 Å². The summed E-state index contributed by atoms with van der Waals surface area (Å²) in [6, 6.07) is 11.7. The van der Waals surface area contributed by atoms with Gasteiger partial charge in [-0.25, -0.2) is 0 Å². The Morgan fingerprint density at radius 2 is 1.89 bits per heavy atom. The molecule has 0 amide bonds. The summed E-state index contributed by atoms with van der Waals surface area (Å²) in [5.41, 5.74) is 3.40. The molecule has 0 atom stereocenters. The molecule has 0 aromatic heterocycles. The van der Waals surface area contributed by atoms with Crippen molar-refractivity contribution in [3.8, 4) is 0 Å². The van der Waals surface area contributed by atoms with Gasteiger partial charge >= 0.3 is 0 Å². The minimum atomic E-state index is 0.702. The summed E-state index contributed by atoms with van der Waals surface area (Å²) in [7, 11) is 0. The van der Waals surface area contributed by atoms with E-state index in [9.17, 15) is 0 Å². The van der Waals surface area contributed by atoms with E-state index in [-0.39, 0.29) is 0 Å². The molecule has 0 saturated carbocycles. The van der Waals surface area contributed by atoms with Crippen LogP contribution >= 0.6 is 39.1 Å². The summed E-state index contributed by atoms with van der Waals surface area (Å²) in [4.78, 5) is 0. The van der Waals surface area contributed by atoms with Gasteiger partial charge in [0.1, 0.15) is 0 Å². The van der Waals surface area contributed by atoms with E-state index in [1.54, 1.807) is 0 Å². The molecule has 94 valence electrons. The number of hydrogen-bond donors (Lipinski definition) is 1. The van der Waals surface area contributed by atoms with Gasteiger partial charge < -0.3 is 5.32 Å². The number of halogens is 3. The highest BCUT2D eigenvalue weighted by molar-refractivity contribution is 9.10. The molecule has 0 bridgehead atoms. The van der Waals surface area contributed by atoms with Crippen LogP contribution in [0.2, 0.25) is 10.0 Å². The third kappa shape index (κ3) is 3.41. The Hall–Kier alpha value is -0.700. The molecule has 1 N–H and O–H groups in total. The first-order valence-electron chi connectivity index (χ1n) is 5.50. The highest BCUT2D eigenvalue weighted by Crippen LogP contribution is 2.26. The van der Waals surface area contributed by atoms with Gasteiger partial charge in [0.15, 0.2) is 0 Å². The quantitative estimate of drug-likeness (QED) is 0.755. The Balaban J connectivity index is 2.09. The maximum Gasteiger partial charge on any atom is 0.0568 e. The van der Waals surface area contributed by atoms with E-state index in [1.807, 2.05) is 36.4 Å². The predicted molar refractivity (Wildman–Crippen MR) is 82.7 cm³/mol. The minimum absolute atomic E-state index is 0.702. The van der Waals surface area contributed by atoms with Gasteiger partial charge in [-0.3, -0.25) is 0 Å². The molecule has 0 heterocycles. The minimum Gasteiger partial charge on any atom is -0.381 e. The molecular weight excluding hydrogens is 333 g/mol. The van der Waals surface area contributed by atoms with Crippen LogP contribution in [0.4, 0.5) is 5.69 Å². The third-order valence-electron chi connectivity index (χ3n) is 2.71. The Labute approximate surface area is 125 Å². The van der Waals surface area contributed by atoms with Crippen LogP contribution in [0.3, 0.4) is 0 Å². The van der Waals surface area contributed by atoms with Gasteiger partial charge in [-0.05, 0) is 64.3 Å². The molecule has 0 aliphatic rings. The Bertz CT molecular complexity index is 570. The standard InChI is InChI=1S/C14H12BrCl2N/c1-9-6-11(16)3-2-10(9)8-18-12-4-5-13(15)14(17)7-12/h2-7,18H,8H2,1H3. The Kier molecular flexibility index (Phi) is 4.55. The van der Waals surface area contributed by atoms with Crippen molar-refractivity contribution >= 4 is 44.8 Å². The average Bonchev–Trinajstić information content (AvgIpc) is 2.32. The van der Waals surface area contributed by atoms with Gasteiger partial charge in [0.25, 0.3) is 0 Å². The van der Waals surface area contributed by atoms with Crippen LogP contribution in [0.25, 0.3) is 0 Å². The lowest BCUT2D eigenvalue weighted by atomic mass is 10.1. The molecule has 18 heavy (non-hydrogen) atoms. The molecule has 1 nitrogen and oxygen atoms in total. The van der Waals surface area contributed by atoms with Gasteiger partial charge in [0.2, 0.25) is 0 Å². The van der Waals surface area contributed by atoms with Crippen LogP contribution in [0.1, 0.15) is 11.1 Å². The van der Waals surface area contributed by atoms with Gasteiger partial charge in [-0.15, -0.1) is 0 Å². The average molecular weight is 345 g/mol. The van der Waals surface area contributed by atoms with Crippen molar-refractivity contribution in [2.24, 2.45) is 0 Å². The number of rotatable bonds is 3. The summed E-state index contributed by atoms with van der Waals surface area (Å²) in [6.07, 6.45) is 0. The third-order valence-corrected chi connectivity index (χ3v) is 4.17. The first-order chi connectivity index (χ1) is 8.56. The fraction of sp³-hybridized carbons (Fsp3) is 0.143. The van der Waals surface area contributed by atoms with Gasteiger partial charge in [0.05, 0.1) is 5.02 Å². The lowest BCUT2D eigenvalue weighted by Gasteiger charge is -2.10. The fourth-order valence-electron chi connectivity index (χ4n) is 1.66. The summed E-state index contributed by atoms with van der Waals surface area (Å²) in [5.74, 6) is 0. The van der Waals surface area contributed by atoms with Crippen molar-refractivity contribution in [3.63, 3.8) is 0 Å². The lowest BCUT2D eigenvalue weighted by Crippen LogP contribution is -2.01. The highest BCUT2D eigenvalue weighted by Gasteiger charge is 2.01. The highest BCUT2D eigenvalue weighted by atomic mass is 79.9. The summed E-state index contributed by atoms with van der Waals surface area (Å²) in [5, 5.41) is 4.81. The van der Waals surface area contributed by atoms with E-state index in [4.69, 9.17) is 23.2 Å². The largest absolute Gasteiger partial charge is 0.381 e. The smallest absolute Gasteiger partial charge is 0.0568 e. The predicted octanol–water partition coefficient (Wildman–Crippen LogP) is 5.68. The van der Waals surface area contributed by atoms with Crippen LogP contribution in [0, 0.1) is 6.92 Å². The maximum atomic E-state index is 6.04. The second-order valence-electron chi connectivity index (χ2n) is 4.05. The second kappa shape index (κ2) is 5.96.